The Balaban J connectivity index is 1.43. The summed E-state index contributed by atoms with van der Waals surface area (Å²) in [7, 11) is 1.40. The van der Waals surface area contributed by atoms with Gasteiger partial charge in [0.25, 0.3) is 0 Å². The van der Waals surface area contributed by atoms with E-state index in [4.69, 9.17) is 9.47 Å². The lowest BCUT2D eigenvalue weighted by Gasteiger charge is -2.37. The number of nitrogens with zero attached hydrogens (tertiary/aromatic N) is 1. The zero-order chi connectivity index (χ0) is 19.7. The lowest BCUT2D eigenvalue weighted by Crippen LogP contribution is -2.52. The van der Waals surface area contributed by atoms with Crippen molar-refractivity contribution in [2.45, 2.75) is 24.4 Å². The van der Waals surface area contributed by atoms with Gasteiger partial charge in [-0.05, 0) is 22.3 Å². The van der Waals surface area contributed by atoms with E-state index >= 15 is 0 Å². The highest BCUT2D eigenvalue weighted by atomic mass is 16.6. The Hall–Kier alpha value is -2.86. The Morgan fingerprint density at radius 1 is 1.04 bits per heavy atom. The molecule has 1 heterocycles. The fourth-order valence-corrected chi connectivity index (χ4v) is 4.24. The van der Waals surface area contributed by atoms with Gasteiger partial charge in [-0.2, -0.15) is 0 Å². The minimum atomic E-state index is -1.21. The number of carboxylic acid groups (broad SMARTS) is 1. The van der Waals surface area contributed by atoms with Crippen LogP contribution in [0.4, 0.5) is 4.79 Å². The SMILES string of the molecule is COC1(C(=O)O)CCN(C(=O)OCC2c3ccccc3-c3ccccc32)CC1. The topological polar surface area (TPSA) is 76.1 Å². The number of carboxylic acids is 1. The van der Waals surface area contributed by atoms with E-state index < -0.39 is 17.7 Å². The molecule has 4 rings (SSSR count). The quantitative estimate of drug-likeness (QED) is 0.877. The standard InChI is InChI=1S/C22H23NO5/c1-27-22(20(24)25)10-12-23(13-11-22)21(26)28-14-19-17-8-4-2-6-15(17)16-7-3-5-9-18(16)19/h2-9,19H,10-14H2,1H3,(H,24,25). The molecule has 1 amide bonds. The monoisotopic (exact) mass is 381 g/mol. The van der Waals surface area contributed by atoms with Crippen molar-refractivity contribution in [3.05, 3.63) is 59.7 Å². The summed E-state index contributed by atoms with van der Waals surface area (Å²) in [5.74, 6) is -0.972. The molecular formula is C22H23NO5. The highest BCUT2D eigenvalue weighted by Crippen LogP contribution is 2.44. The van der Waals surface area contributed by atoms with Crippen molar-refractivity contribution in [1.82, 2.24) is 4.90 Å². The highest BCUT2D eigenvalue weighted by molar-refractivity contribution is 5.79. The molecule has 0 saturated carbocycles. The molecule has 1 N–H and O–H groups in total. The third-order valence-electron chi connectivity index (χ3n) is 5.95. The first kappa shape index (κ1) is 18.5. The minimum Gasteiger partial charge on any atom is -0.479 e. The van der Waals surface area contributed by atoms with Crippen molar-refractivity contribution in [1.29, 1.82) is 0 Å². The molecular weight excluding hydrogens is 358 g/mol. The van der Waals surface area contributed by atoms with Crippen molar-refractivity contribution in [3.63, 3.8) is 0 Å². The Morgan fingerprint density at radius 2 is 1.57 bits per heavy atom. The van der Waals surface area contributed by atoms with Gasteiger partial charge in [-0.1, -0.05) is 48.5 Å². The van der Waals surface area contributed by atoms with Gasteiger partial charge in [0.15, 0.2) is 5.60 Å². The summed E-state index contributed by atoms with van der Waals surface area (Å²) in [4.78, 5) is 25.6. The van der Waals surface area contributed by atoms with Crippen molar-refractivity contribution >= 4 is 12.1 Å². The molecule has 2 aliphatic rings. The van der Waals surface area contributed by atoms with Crippen molar-refractivity contribution in [2.75, 3.05) is 26.8 Å². The summed E-state index contributed by atoms with van der Waals surface area (Å²) in [5.41, 5.74) is 3.49. The van der Waals surface area contributed by atoms with Gasteiger partial charge in [-0.15, -0.1) is 0 Å². The number of methoxy groups -OCH3 is 1. The molecule has 1 aliphatic heterocycles. The summed E-state index contributed by atoms with van der Waals surface area (Å²) in [6, 6.07) is 16.4. The van der Waals surface area contributed by atoms with Gasteiger partial charge < -0.3 is 19.5 Å². The van der Waals surface area contributed by atoms with Crippen LogP contribution in [0, 0.1) is 0 Å². The van der Waals surface area contributed by atoms with Gasteiger partial charge in [0.1, 0.15) is 6.61 Å². The smallest absolute Gasteiger partial charge is 0.409 e. The van der Waals surface area contributed by atoms with E-state index in [2.05, 4.69) is 24.3 Å². The van der Waals surface area contributed by atoms with Crippen LogP contribution in [0.5, 0.6) is 0 Å². The number of hydrogen-bond acceptors (Lipinski definition) is 4. The summed E-state index contributed by atoms with van der Waals surface area (Å²) in [6.07, 6.45) is 0.100. The number of rotatable bonds is 4. The fourth-order valence-electron chi connectivity index (χ4n) is 4.24. The maximum absolute atomic E-state index is 12.6. The Labute approximate surface area is 163 Å². The molecule has 2 aromatic rings. The summed E-state index contributed by atoms with van der Waals surface area (Å²) in [5, 5.41) is 9.39. The van der Waals surface area contributed by atoms with Crippen LogP contribution in [0.1, 0.15) is 29.9 Å². The average Bonchev–Trinajstić information content (AvgIpc) is 3.06. The van der Waals surface area contributed by atoms with Gasteiger partial charge >= 0.3 is 12.1 Å². The van der Waals surface area contributed by atoms with Gasteiger partial charge in [-0.25, -0.2) is 9.59 Å². The van der Waals surface area contributed by atoms with E-state index in [0.717, 1.165) is 0 Å². The Kier molecular flexibility index (Phi) is 4.81. The number of hydrogen-bond donors (Lipinski definition) is 1. The molecule has 0 unspecified atom stereocenters. The van der Waals surface area contributed by atoms with Gasteiger partial charge in [0.2, 0.25) is 0 Å². The highest BCUT2D eigenvalue weighted by Gasteiger charge is 2.43. The number of aliphatic carboxylic acids is 1. The van der Waals surface area contributed by atoms with Crippen LogP contribution in [-0.2, 0) is 14.3 Å². The zero-order valence-electron chi connectivity index (χ0n) is 15.8. The van der Waals surface area contributed by atoms with Crippen molar-refractivity contribution < 1.29 is 24.2 Å². The zero-order valence-corrected chi connectivity index (χ0v) is 15.8. The molecule has 0 bridgehead atoms. The van der Waals surface area contributed by atoms with E-state index in [1.54, 1.807) is 4.90 Å². The number of fused-ring (bicyclic) bond motifs is 3. The summed E-state index contributed by atoms with van der Waals surface area (Å²) < 4.78 is 10.8. The molecule has 0 aromatic heterocycles. The largest absolute Gasteiger partial charge is 0.479 e. The van der Waals surface area contributed by atoms with Crippen LogP contribution in [-0.4, -0.2) is 54.5 Å². The van der Waals surface area contributed by atoms with E-state index in [0.29, 0.717) is 13.1 Å². The number of carbonyl (C=O) groups excluding carboxylic acids is 1. The van der Waals surface area contributed by atoms with Crippen LogP contribution in [0.25, 0.3) is 11.1 Å². The molecule has 146 valence electrons. The van der Waals surface area contributed by atoms with Crippen molar-refractivity contribution in [3.8, 4) is 11.1 Å². The molecule has 0 atom stereocenters. The molecule has 0 radical (unpaired) electrons. The normalized spacial score (nSPS) is 17.7. The number of likely N-dealkylation sites (tertiary alicyclic amines) is 1. The molecule has 6 nitrogen and oxygen atoms in total. The molecule has 28 heavy (non-hydrogen) atoms. The fraction of sp³-hybridized carbons (Fsp3) is 0.364. The number of benzene rings is 2. The second-order valence-corrected chi connectivity index (χ2v) is 7.29. The second-order valence-electron chi connectivity index (χ2n) is 7.29. The third-order valence-corrected chi connectivity index (χ3v) is 5.95. The minimum absolute atomic E-state index is 0.0122. The molecule has 1 fully saturated rings. The number of piperidine rings is 1. The Bertz CT molecular complexity index is 856. The van der Waals surface area contributed by atoms with Gasteiger partial charge in [-0.3, -0.25) is 0 Å². The van der Waals surface area contributed by atoms with E-state index in [1.165, 1.54) is 29.4 Å². The average molecular weight is 381 g/mol. The molecule has 1 aliphatic carbocycles. The van der Waals surface area contributed by atoms with Crippen molar-refractivity contribution in [2.24, 2.45) is 0 Å². The Morgan fingerprint density at radius 3 is 2.07 bits per heavy atom. The molecule has 6 heteroatoms. The summed E-state index contributed by atoms with van der Waals surface area (Å²) >= 11 is 0. The predicted molar refractivity (Wildman–Crippen MR) is 103 cm³/mol. The number of carbonyl (C=O) groups is 2. The van der Waals surface area contributed by atoms with Gasteiger partial charge in [0.05, 0.1) is 0 Å². The maximum Gasteiger partial charge on any atom is 0.409 e. The molecule has 1 saturated heterocycles. The van der Waals surface area contributed by atoms with Crippen LogP contribution < -0.4 is 0 Å². The van der Waals surface area contributed by atoms with E-state index in [-0.39, 0.29) is 25.4 Å². The lowest BCUT2D eigenvalue weighted by atomic mass is 9.91. The summed E-state index contributed by atoms with van der Waals surface area (Å²) in [6.45, 7) is 0.866. The lowest BCUT2D eigenvalue weighted by molar-refractivity contribution is -0.167. The predicted octanol–water partition coefficient (Wildman–Crippen LogP) is 3.50. The second kappa shape index (κ2) is 7.28. The first-order valence-corrected chi connectivity index (χ1v) is 9.44. The first-order chi connectivity index (χ1) is 13.6. The van der Waals surface area contributed by atoms with Crippen LogP contribution in [0.2, 0.25) is 0 Å². The third kappa shape index (κ3) is 3.03. The molecule has 2 aromatic carbocycles. The van der Waals surface area contributed by atoms with E-state index in [9.17, 15) is 14.7 Å². The first-order valence-electron chi connectivity index (χ1n) is 9.44. The van der Waals surface area contributed by atoms with Crippen LogP contribution in [0.3, 0.4) is 0 Å². The van der Waals surface area contributed by atoms with Gasteiger partial charge in [0, 0.05) is 39.0 Å². The van der Waals surface area contributed by atoms with Crippen LogP contribution in [0.15, 0.2) is 48.5 Å². The molecule has 0 spiro atoms. The van der Waals surface area contributed by atoms with Crippen LogP contribution >= 0.6 is 0 Å². The maximum atomic E-state index is 12.6. The number of ether oxygens (including phenoxy) is 2. The number of amides is 1. The van der Waals surface area contributed by atoms with E-state index in [1.807, 2.05) is 24.3 Å².